The van der Waals surface area contributed by atoms with Crippen LogP contribution in [0, 0.1) is 0 Å². The minimum absolute atomic E-state index is 0.190. The first-order chi connectivity index (χ1) is 14.0. The standard InChI is InChI=1S/C22H16N2O5/c25-19-8-7-17(21(27)23-19)24-10-13-9-12(5-6-14(13)22(24)28)20(26)16-11-29-18-4-2-1-3-15(16)18/h1-6,9,11,17H,7-8,10H2,(H,23,25,27). The quantitative estimate of drug-likeness (QED) is 0.549. The fraction of sp³-hybridized carbons (Fsp3) is 0.182. The highest BCUT2D eigenvalue weighted by atomic mass is 16.3. The summed E-state index contributed by atoms with van der Waals surface area (Å²) in [4.78, 5) is 50.8. The average molecular weight is 388 g/mol. The Morgan fingerprint density at radius 1 is 1.10 bits per heavy atom. The molecule has 0 saturated carbocycles. The molecule has 3 aromatic rings. The Bertz CT molecular complexity index is 1210. The largest absolute Gasteiger partial charge is 0.464 e. The number of hydrogen-bond donors (Lipinski definition) is 1. The minimum Gasteiger partial charge on any atom is -0.464 e. The lowest BCUT2D eigenvalue weighted by molar-refractivity contribution is -0.136. The second-order valence-corrected chi connectivity index (χ2v) is 7.25. The van der Waals surface area contributed by atoms with Crippen LogP contribution in [0.1, 0.15) is 44.7 Å². The maximum absolute atomic E-state index is 13.0. The van der Waals surface area contributed by atoms with E-state index in [-0.39, 0.29) is 30.6 Å². The maximum atomic E-state index is 13.0. The summed E-state index contributed by atoms with van der Waals surface area (Å²) in [5, 5.41) is 3.02. The molecule has 5 rings (SSSR count). The number of nitrogens with zero attached hydrogens (tertiary/aromatic N) is 1. The van der Waals surface area contributed by atoms with Crippen molar-refractivity contribution in [2.45, 2.75) is 25.4 Å². The third-order valence-corrected chi connectivity index (χ3v) is 5.51. The summed E-state index contributed by atoms with van der Waals surface area (Å²) < 4.78 is 5.46. The number of imide groups is 1. The number of carbonyl (C=O) groups excluding carboxylic acids is 4. The van der Waals surface area contributed by atoms with Crippen LogP contribution in [0.4, 0.5) is 0 Å². The zero-order valence-corrected chi connectivity index (χ0v) is 15.3. The van der Waals surface area contributed by atoms with Crippen molar-refractivity contribution in [1.82, 2.24) is 10.2 Å². The number of fused-ring (bicyclic) bond motifs is 2. The van der Waals surface area contributed by atoms with Gasteiger partial charge in [-0.25, -0.2) is 0 Å². The van der Waals surface area contributed by atoms with Crippen LogP contribution in [-0.2, 0) is 16.1 Å². The SMILES string of the molecule is O=C1CCC(N2Cc3cc(C(=O)c4coc5ccccc45)ccc3C2=O)C(=O)N1. The third kappa shape index (κ3) is 2.74. The number of ketones is 1. The molecule has 2 aromatic carbocycles. The first-order valence-electron chi connectivity index (χ1n) is 9.31. The predicted molar refractivity (Wildman–Crippen MR) is 102 cm³/mol. The smallest absolute Gasteiger partial charge is 0.255 e. The molecule has 144 valence electrons. The summed E-state index contributed by atoms with van der Waals surface area (Å²) in [6.07, 6.45) is 1.95. The number of furan rings is 1. The van der Waals surface area contributed by atoms with Gasteiger partial charge in [0, 0.05) is 29.5 Å². The highest BCUT2D eigenvalue weighted by Gasteiger charge is 2.39. The van der Waals surface area contributed by atoms with Crippen molar-refractivity contribution >= 4 is 34.5 Å². The van der Waals surface area contributed by atoms with Crippen molar-refractivity contribution in [2.75, 3.05) is 0 Å². The van der Waals surface area contributed by atoms with Crippen molar-refractivity contribution in [3.05, 3.63) is 71.0 Å². The second kappa shape index (κ2) is 6.41. The molecular weight excluding hydrogens is 372 g/mol. The number of nitrogens with one attached hydrogen (secondary N) is 1. The molecule has 7 nitrogen and oxygen atoms in total. The van der Waals surface area contributed by atoms with Crippen LogP contribution in [0.15, 0.2) is 53.1 Å². The first-order valence-corrected chi connectivity index (χ1v) is 9.31. The second-order valence-electron chi connectivity index (χ2n) is 7.25. The van der Waals surface area contributed by atoms with E-state index in [9.17, 15) is 19.2 Å². The lowest BCUT2D eigenvalue weighted by Crippen LogP contribution is -2.52. The molecule has 3 amide bonds. The molecular formula is C22H16N2O5. The van der Waals surface area contributed by atoms with Crippen molar-refractivity contribution < 1.29 is 23.6 Å². The van der Waals surface area contributed by atoms with E-state index in [0.29, 0.717) is 34.3 Å². The lowest BCUT2D eigenvalue weighted by Gasteiger charge is -2.29. The fourth-order valence-corrected chi connectivity index (χ4v) is 4.02. The van der Waals surface area contributed by atoms with E-state index in [1.807, 2.05) is 18.2 Å². The number of hydrogen-bond acceptors (Lipinski definition) is 5. The van der Waals surface area contributed by atoms with Gasteiger partial charge in [-0.15, -0.1) is 0 Å². The van der Waals surface area contributed by atoms with E-state index in [1.54, 1.807) is 24.3 Å². The maximum Gasteiger partial charge on any atom is 0.255 e. The molecule has 0 aliphatic carbocycles. The normalized spacial score (nSPS) is 18.8. The lowest BCUT2D eigenvalue weighted by atomic mass is 9.99. The zero-order valence-electron chi connectivity index (χ0n) is 15.3. The Morgan fingerprint density at radius 3 is 2.76 bits per heavy atom. The number of carbonyl (C=O) groups is 4. The fourth-order valence-electron chi connectivity index (χ4n) is 4.02. The number of amides is 3. The molecule has 3 heterocycles. The van der Waals surface area contributed by atoms with Crippen molar-refractivity contribution in [1.29, 1.82) is 0 Å². The van der Waals surface area contributed by atoms with Gasteiger partial charge in [-0.1, -0.05) is 24.3 Å². The van der Waals surface area contributed by atoms with Crippen molar-refractivity contribution in [3.63, 3.8) is 0 Å². The third-order valence-electron chi connectivity index (χ3n) is 5.51. The van der Waals surface area contributed by atoms with Crippen LogP contribution >= 0.6 is 0 Å². The van der Waals surface area contributed by atoms with Crippen molar-refractivity contribution in [2.24, 2.45) is 0 Å². The van der Waals surface area contributed by atoms with Gasteiger partial charge in [0.15, 0.2) is 5.78 Å². The van der Waals surface area contributed by atoms with E-state index in [2.05, 4.69) is 5.32 Å². The molecule has 1 fully saturated rings. The molecule has 2 aliphatic rings. The molecule has 1 N–H and O–H groups in total. The van der Waals surface area contributed by atoms with Crippen LogP contribution in [0.5, 0.6) is 0 Å². The van der Waals surface area contributed by atoms with Gasteiger partial charge in [0.05, 0.1) is 5.56 Å². The topological polar surface area (TPSA) is 96.7 Å². The zero-order chi connectivity index (χ0) is 20.1. The van der Waals surface area contributed by atoms with E-state index in [0.717, 1.165) is 5.39 Å². The Balaban J connectivity index is 1.45. The summed E-state index contributed by atoms with van der Waals surface area (Å²) in [5.41, 5.74) is 2.72. The van der Waals surface area contributed by atoms with Gasteiger partial charge in [-0.05, 0) is 30.2 Å². The molecule has 1 atom stereocenters. The summed E-state index contributed by atoms with van der Waals surface area (Å²) in [6.45, 7) is 0.230. The van der Waals surface area contributed by atoms with E-state index < -0.39 is 11.9 Å². The highest BCUT2D eigenvalue weighted by Crippen LogP contribution is 2.30. The summed E-state index contributed by atoms with van der Waals surface area (Å²) >= 11 is 0. The summed E-state index contributed by atoms with van der Waals surface area (Å²) in [5.74, 6) is -1.23. The number of benzene rings is 2. The number of rotatable bonds is 3. The summed E-state index contributed by atoms with van der Waals surface area (Å²) in [7, 11) is 0. The predicted octanol–water partition coefficient (Wildman–Crippen LogP) is 2.42. The first kappa shape index (κ1) is 17.4. The molecule has 1 aromatic heterocycles. The highest BCUT2D eigenvalue weighted by molar-refractivity contribution is 6.16. The van der Waals surface area contributed by atoms with Crippen LogP contribution in [0.3, 0.4) is 0 Å². The van der Waals surface area contributed by atoms with Gasteiger partial charge >= 0.3 is 0 Å². The Labute approximate surface area is 165 Å². The molecule has 0 spiro atoms. The van der Waals surface area contributed by atoms with E-state index >= 15 is 0 Å². The van der Waals surface area contributed by atoms with Gasteiger partial charge in [0.2, 0.25) is 11.8 Å². The van der Waals surface area contributed by atoms with Crippen LogP contribution in [0.2, 0.25) is 0 Å². The number of piperidine rings is 1. The van der Waals surface area contributed by atoms with Gasteiger partial charge in [-0.3, -0.25) is 24.5 Å². The molecule has 2 aliphatic heterocycles. The van der Waals surface area contributed by atoms with Crippen LogP contribution in [-0.4, -0.2) is 34.4 Å². The Morgan fingerprint density at radius 2 is 1.93 bits per heavy atom. The summed E-state index contributed by atoms with van der Waals surface area (Å²) in [6, 6.07) is 11.6. The van der Waals surface area contributed by atoms with E-state index in [1.165, 1.54) is 11.2 Å². The average Bonchev–Trinajstić information content (AvgIpc) is 3.29. The van der Waals surface area contributed by atoms with Gasteiger partial charge in [-0.2, -0.15) is 0 Å². The Kier molecular flexibility index (Phi) is 3.84. The number of para-hydroxylation sites is 1. The Hall–Kier alpha value is -3.74. The molecule has 1 unspecified atom stereocenters. The van der Waals surface area contributed by atoms with Gasteiger partial charge in [0.1, 0.15) is 17.9 Å². The minimum atomic E-state index is -0.676. The van der Waals surface area contributed by atoms with Gasteiger partial charge in [0.25, 0.3) is 5.91 Å². The molecule has 1 saturated heterocycles. The van der Waals surface area contributed by atoms with Gasteiger partial charge < -0.3 is 9.32 Å². The van der Waals surface area contributed by atoms with Crippen LogP contribution in [0.25, 0.3) is 11.0 Å². The molecule has 0 radical (unpaired) electrons. The molecule has 7 heteroatoms. The van der Waals surface area contributed by atoms with E-state index in [4.69, 9.17) is 4.42 Å². The molecule has 29 heavy (non-hydrogen) atoms. The van der Waals surface area contributed by atoms with Crippen LogP contribution < -0.4 is 5.32 Å². The molecule has 0 bridgehead atoms. The van der Waals surface area contributed by atoms with Crippen molar-refractivity contribution in [3.8, 4) is 0 Å². The monoisotopic (exact) mass is 388 g/mol.